The first-order chi connectivity index (χ1) is 13.0. The van der Waals surface area contributed by atoms with Crippen molar-refractivity contribution in [3.8, 4) is 5.75 Å². The minimum Gasteiger partial charge on any atom is -0.464 e. The van der Waals surface area contributed by atoms with Crippen LogP contribution in [0, 0.1) is 0 Å². The first kappa shape index (κ1) is 22.4. The predicted octanol–water partition coefficient (Wildman–Crippen LogP) is 7.45. The summed E-state index contributed by atoms with van der Waals surface area (Å²) < 4.78 is 51.7. The lowest BCUT2D eigenvalue weighted by Crippen LogP contribution is -2.25. The fraction of sp³-hybridized carbons (Fsp3) is 0.714. The van der Waals surface area contributed by atoms with E-state index >= 15 is 0 Å². The average molecular weight is 405 g/mol. The quantitative estimate of drug-likeness (QED) is 0.282. The van der Waals surface area contributed by atoms with Crippen molar-refractivity contribution in [2.45, 2.75) is 88.5 Å². The van der Waals surface area contributed by atoms with Gasteiger partial charge in [0.15, 0.2) is 6.29 Å². The summed E-state index contributed by atoms with van der Waals surface area (Å²) in [6.07, 6.45) is 5.93. The summed E-state index contributed by atoms with van der Waals surface area (Å²) >= 11 is 1.26. The molecule has 2 rings (SSSR count). The Morgan fingerprint density at radius 3 is 2.48 bits per heavy atom. The first-order valence-electron chi connectivity index (χ1n) is 10.1. The van der Waals surface area contributed by atoms with Crippen molar-refractivity contribution in [2.75, 3.05) is 12.4 Å². The van der Waals surface area contributed by atoms with Gasteiger partial charge in [-0.25, -0.2) is 0 Å². The van der Waals surface area contributed by atoms with Crippen molar-refractivity contribution in [3.05, 3.63) is 23.8 Å². The largest absolute Gasteiger partial charge is 0.464 e. The SMILES string of the molecule is CCCCCCCCCSc1c(OC2CCCCO2)cccc1C(F)(F)F. The highest BCUT2D eigenvalue weighted by Crippen LogP contribution is 2.42. The Bertz CT molecular complexity index is 543. The van der Waals surface area contributed by atoms with Gasteiger partial charge in [-0.3, -0.25) is 0 Å². The molecule has 1 aromatic carbocycles. The van der Waals surface area contributed by atoms with Gasteiger partial charge in [-0.15, -0.1) is 11.8 Å². The molecule has 154 valence electrons. The molecule has 0 aliphatic carbocycles. The van der Waals surface area contributed by atoms with E-state index in [1.165, 1.54) is 43.5 Å². The normalized spacial score (nSPS) is 17.9. The van der Waals surface area contributed by atoms with Crippen LogP contribution >= 0.6 is 11.8 Å². The number of alkyl halides is 3. The maximum atomic E-state index is 13.5. The molecule has 0 saturated carbocycles. The van der Waals surface area contributed by atoms with Crippen molar-refractivity contribution >= 4 is 11.8 Å². The van der Waals surface area contributed by atoms with Crippen molar-refractivity contribution < 1.29 is 22.6 Å². The summed E-state index contributed by atoms with van der Waals surface area (Å²) in [5, 5.41) is 0. The Morgan fingerprint density at radius 2 is 1.81 bits per heavy atom. The molecule has 0 spiro atoms. The topological polar surface area (TPSA) is 18.5 Å². The Labute approximate surface area is 165 Å². The molecule has 0 N–H and O–H groups in total. The summed E-state index contributed by atoms with van der Waals surface area (Å²) in [5.74, 6) is 0.965. The predicted molar refractivity (Wildman–Crippen MR) is 104 cm³/mol. The molecule has 0 aromatic heterocycles. The molecule has 6 heteroatoms. The van der Waals surface area contributed by atoms with E-state index in [4.69, 9.17) is 9.47 Å². The Morgan fingerprint density at radius 1 is 1.07 bits per heavy atom. The van der Waals surface area contributed by atoms with E-state index in [0.717, 1.165) is 44.6 Å². The number of hydrogen-bond donors (Lipinski definition) is 0. The summed E-state index contributed by atoms with van der Waals surface area (Å²) in [5.41, 5.74) is -0.608. The van der Waals surface area contributed by atoms with E-state index in [1.807, 2.05) is 0 Å². The molecule has 1 fully saturated rings. The van der Waals surface area contributed by atoms with Crippen molar-refractivity contribution in [1.82, 2.24) is 0 Å². The lowest BCUT2D eigenvalue weighted by Gasteiger charge is -2.25. The lowest BCUT2D eigenvalue weighted by molar-refractivity contribution is -0.141. The molecule has 1 aliphatic heterocycles. The molecule has 1 saturated heterocycles. The van der Waals surface area contributed by atoms with E-state index < -0.39 is 18.0 Å². The molecular formula is C21H31F3O2S. The number of unbranched alkanes of at least 4 members (excludes halogenated alkanes) is 6. The highest BCUT2D eigenvalue weighted by molar-refractivity contribution is 7.99. The van der Waals surface area contributed by atoms with E-state index in [0.29, 0.717) is 18.1 Å². The lowest BCUT2D eigenvalue weighted by atomic mass is 10.1. The van der Waals surface area contributed by atoms with Crippen LogP contribution in [0.15, 0.2) is 23.1 Å². The van der Waals surface area contributed by atoms with E-state index in [2.05, 4.69) is 6.92 Å². The molecule has 0 radical (unpaired) electrons. The van der Waals surface area contributed by atoms with E-state index in [9.17, 15) is 13.2 Å². The third-order valence-electron chi connectivity index (χ3n) is 4.67. The van der Waals surface area contributed by atoms with Crippen LogP contribution in [-0.4, -0.2) is 18.6 Å². The zero-order valence-electron chi connectivity index (χ0n) is 16.2. The van der Waals surface area contributed by atoms with Gasteiger partial charge in [-0.1, -0.05) is 51.5 Å². The standard InChI is InChI=1S/C21H31F3O2S/c1-2-3-4-5-6-7-10-16-27-20-17(21(22,23)24)12-11-13-18(20)26-19-14-8-9-15-25-19/h11-13,19H,2-10,14-16H2,1H3. The minimum atomic E-state index is -4.38. The number of hydrogen-bond acceptors (Lipinski definition) is 3. The minimum absolute atomic E-state index is 0.199. The zero-order chi connectivity index (χ0) is 19.5. The molecule has 2 nitrogen and oxygen atoms in total. The maximum Gasteiger partial charge on any atom is 0.417 e. The Hall–Kier alpha value is -0.880. The van der Waals surface area contributed by atoms with Gasteiger partial charge >= 0.3 is 6.18 Å². The molecule has 1 heterocycles. The summed E-state index contributed by atoms with van der Waals surface area (Å²) in [6, 6.07) is 4.18. The van der Waals surface area contributed by atoms with Crippen molar-refractivity contribution in [3.63, 3.8) is 0 Å². The average Bonchev–Trinajstić information content (AvgIpc) is 2.65. The van der Waals surface area contributed by atoms with Crippen LogP contribution in [0.25, 0.3) is 0 Å². The molecule has 0 bridgehead atoms. The number of rotatable bonds is 11. The van der Waals surface area contributed by atoms with Crippen LogP contribution in [0.1, 0.15) is 76.7 Å². The highest BCUT2D eigenvalue weighted by Gasteiger charge is 2.35. The van der Waals surface area contributed by atoms with Gasteiger partial charge in [0.2, 0.25) is 0 Å². The molecule has 1 atom stereocenters. The summed E-state index contributed by atoms with van der Waals surface area (Å²) in [4.78, 5) is 0.199. The van der Waals surface area contributed by atoms with Crippen LogP contribution in [0.3, 0.4) is 0 Å². The fourth-order valence-electron chi connectivity index (χ4n) is 3.16. The molecule has 1 aliphatic rings. The summed E-state index contributed by atoms with van der Waals surface area (Å²) in [7, 11) is 0. The van der Waals surface area contributed by atoms with Gasteiger partial charge in [0.25, 0.3) is 0 Å². The second-order valence-corrected chi connectivity index (χ2v) is 8.12. The first-order valence-corrected chi connectivity index (χ1v) is 11.1. The van der Waals surface area contributed by atoms with Gasteiger partial charge in [0.1, 0.15) is 5.75 Å². The van der Waals surface area contributed by atoms with Gasteiger partial charge in [0, 0.05) is 6.42 Å². The molecule has 27 heavy (non-hydrogen) atoms. The van der Waals surface area contributed by atoms with Gasteiger partial charge in [-0.05, 0) is 37.1 Å². The third kappa shape index (κ3) is 7.94. The van der Waals surface area contributed by atoms with Crippen LogP contribution in [0.2, 0.25) is 0 Å². The van der Waals surface area contributed by atoms with Crippen LogP contribution in [0.5, 0.6) is 5.75 Å². The number of thioether (sulfide) groups is 1. The van der Waals surface area contributed by atoms with E-state index in [1.54, 1.807) is 6.07 Å². The zero-order valence-corrected chi connectivity index (χ0v) is 17.0. The third-order valence-corrected chi connectivity index (χ3v) is 5.88. The van der Waals surface area contributed by atoms with Gasteiger partial charge < -0.3 is 9.47 Å². The van der Waals surface area contributed by atoms with Gasteiger partial charge in [-0.2, -0.15) is 13.2 Å². The molecule has 0 amide bonds. The van der Waals surface area contributed by atoms with Crippen LogP contribution < -0.4 is 4.74 Å². The highest BCUT2D eigenvalue weighted by atomic mass is 32.2. The second-order valence-electron chi connectivity index (χ2n) is 7.01. The fourth-order valence-corrected chi connectivity index (χ4v) is 4.31. The smallest absolute Gasteiger partial charge is 0.417 e. The van der Waals surface area contributed by atoms with Crippen molar-refractivity contribution in [2.24, 2.45) is 0 Å². The van der Waals surface area contributed by atoms with Crippen LogP contribution in [0.4, 0.5) is 13.2 Å². The molecule has 1 unspecified atom stereocenters. The monoisotopic (exact) mass is 404 g/mol. The van der Waals surface area contributed by atoms with Crippen LogP contribution in [-0.2, 0) is 10.9 Å². The van der Waals surface area contributed by atoms with E-state index in [-0.39, 0.29) is 4.90 Å². The maximum absolute atomic E-state index is 13.5. The summed E-state index contributed by atoms with van der Waals surface area (Å²) in [6.45, 7) is 2.79. The van der Waals surface area contributed by atoms with Crippen molar-refractivity contribution in [1.29, 1.82) is 0 Å². The second kappa shape index (κ2) is 11.8. The molecule has 1 aromatic rings. The van der Waals surface area contributed by atoms with Gasteiger partial charge in [0.05, 0.1) is 17.1 Å². The Kier molecular flexibility index (Phi) is 9.83. The Balaban J connectivity index is 1.94. The number of ether oxygens (including phenoxy) is 2. The number of benzene rings is 1. The number of halogens is 3. The molecular weight excluding hydrogens is 373 g/mol.